The molecule has 0 bridgehead atoms. The molecule has 2 aromatic rings. The second-order valence-electron chi connectivity index (χ2n) is 2.93. The van der Waals surface area contributed by atoms with Gasteiger partial charge in [-0.3, -0.25) is 9.97 Å². The van der Waals surface area contributed by atoms with Crippen LogP contribution in [0.1, 0.15) is 5.56 Å². The zero-order valence-electron chi connectivity index (χ0n) is 7.59. The lowest BCUT2D eigenvalue weighted by Crippen LogP contribution is -1.90. The highest BCUT2D eigenvalue weighted by Gasteiger charge is 2.02. The molecule has 0 saturated heterocycles. The summed E-state index contributed by atoms with van der Waals surface area (Å²) < 4.78 is 0. The van der Waals surface area contributed by atoms with Crippen molar-refractivity contribution in [2.45, 2.75) is 6.61 Å². The molecular weight excluding hydrogens is 176 g/mol. The van der Waals surface area contributed by atoms with Crippen molar-refractivity contribution in [3.63, 3.8) is 0 Å². The zero-order chi connectivity index (χ0) is 9.80. The van der Waals surface area contributed by atoms with Crippen LogP contribution >= 0.6 is 0 Å². The Balaban J connectivity index is 2.51. The largest absolute Gasteiger partial charge is 0.392 e. The SMILES string of the molecule is OCc1ccncc1-c1cccnc1. The van der Waals surface area contributed by atoms with E-state index in [2.05, 4.69) is 9.97 Å². The molecule has 0 aliphatic carbocycles. The molecule has 0 aliphatic rings. The van der Waals surface area contributed by atoms with Gasteiger partial charge in [0.15, 0.2) is 0 Å². The van der Waals surface area contributed by atoms with Gasteiger partial charge in [0, 0.05) is 35.9 Å². The third-order valence-corrected chi connectivity index (χ3v) is 2.05. The van der Waals surface area contributed by atoms with Crippen molar-refractivity contribution < 1.29 is 5.11 Å². The van der Waals surface area contributed by atoms with Crippen molar-refractivity contribution in [3.05, 3.63) is 48.5 Å². The van der Waals surface area contributed by atoms with Crippen LogP contribution in [0.4, 0.5) is 0 Å². The summed E-state index contributed by atoms with van der Waals surface area (Å²) in [6.07, 6.45) is 6.89. The lowest BCUT2D eigenvalue weighted by molar-refractivity contribution is 0.282. The lowest BCUT2D eigenvalue weighted by atomic mass is 10.0. The second kappa shape index (κ2) is 3.98. The standard InChI is InChI=1S/C11H10N2O/c14-8-10-3-5-13-7-11(10)9-2-1-4-12-6-9/h1-7,14H,8H2. The normalized spacial score (nSPS) is 10.1. The molecule has 2 rings (SSSR count). The fourth-order valence-corrected chi connectivity index (χ4v) is 1.34. The van der Waals surface area contributed by atoms with Gasteiger partial charge < -0.3 is 5.11 Å². The maximum atomic E-state index is 9.13. The van der Waals surface area contributed by atoms with Crippen molar-refractivity contribution in [1.82, 2.24) is 9.97 Å². The minimum atomic E-state index is 0.0206. The number of aliphatic hydroxyl groups is 1. The highest BCUT2D eigenvalue weighted by atomic mass is 16.3. The van der Waals surface area contributed by atoms with E-state index in [9.17, 15) is 0 Å². The predicted molar refractivity (Wildman–Crippen MR) is 53.4 cm³/mol. The van der Waals surface area contributed by atoms with Gasteiger partial charge in [-0.25, -0.2) is 0 Å². The first kappa shape index (κ1) is 8.84. The van der Waals surface area contributed by atoms with Crippen LogP contribution in [0.15, 0.2) is 43.0 Å². The van der Waals surface area contributed by atoms with E-state index in [0.717, 1.165) is 16.7 Å². The van der Waals surface area contributed by atoms with Gasteiger partial charge in [0.2, 0.25) is 0 Å². The third kappa shape index (κ3) is 1.63. The Labute approximate surface area is 82.1 Å². The van der Waals surface area contributed by atoms with Crippen LogP contribution in [0.3, 0.4) is 0 Å². The van der Waals surface area contributed by atoms with Crippen LogP contribution in [0.2, 0.25) is 0 Å². The molecule has 0 unspecified atom stereocenters. The molecule has 0 aromatic carbocycles. The molecule has 0 fully saturated rings. The van der Waals surface area contributed by atoms with E-state index in [1.807, 2.05) is 18.2 Å². The molecule has 2 aromatic heterocycles. The summed E-state index contributed by atoms with van der Waals surface area (Å²) in [5, 5.41) is 9.13. The van der Waals surface area contributed by atoms with Gasteiger partial charge in [-0.05, 0) is 17.7 Å². The lowest BCUT2D eigenvalue weighted by Gasteiger charge is -2.05. The van der Waals surface area contributed by atoms with Gasteiger partial charge in [0.25, 0.3) is 0 Å². The molecule has 1 N–H and O–H groups in total. The van der Waals surface area contributed by atoms with Crippen LogP contribution in [0.5, 0.6) is 0 Å². The molecule has 3 heteroatoms. The summed E-state index contributed by atoms with van der Waals surface area (Å²) in [4.78, 5) is 8.06. The van der Waals surface area contributed by atoms with Crippen LogP contribution in [0, 0.1) is 0 Å². The topological polar surface area (TPSA) is 46.0 Å². The molecule has 0 saturated carbocycles. The van der Waals surface area contributed by atoms with E-state index in [1.54, 1.807) is 24.8 Å². The Morgan fingerprint density at radius 1 is 1.07 bits per heavy atom. The smallest absolute Gasteiger partial charge is 0.0689 e. The molecule has 0 radical (unpaired) electrons. The maximum Gasteiger partial charge on any atom is 0.0689 e. The van der Waals surface area contributed by atoms with E-state index in [1.165, 1.54) is 0 Å². The highest BCUT2D eigenvalue weighted by molar-refractivity contribution is 5.64. The summed E-state index contributed by atoms with van der Waals surface area (Å²) in [6.45, 7) is 0.0206. The van der Waals surface area contributed by atoms with E-state index >= 15 is 0 Å². The molecule has 14 heavy (non-hydrogen) atoms. The van der Waals surface area contributed by atoms with E-state index in [4.69, 9.17) is 5.11 Å². The minimum Gasteiger partial charge on any atom is -0.392 e. The van der Waals surface area contributed by atoms with Crippen LogP contribution in [0.25, 0.3) is 11.1 Å². The van der Waals surface area contributed by atoms with Crippen LogP contribution < -0.4 is 0 Å². The van der Waals surface area contributed by atoms with Gasteiger partial charge in [-0.2, -0.15) is 0 Å². The Morgan fingerprint density at radius 2 is 1.93 bits per heavy atom. The van der Waals surface area contributed by atoms with Gasteiger partial charge in [0.1, 0.15) is 0 Å². The van der Waals surface area contributed by atoms with Gasteiger partial charge >= 0.3 is 0 Å². The maximum absolute atomic E-state index is 9.13. The summed E-state index contributed by atoms with van der Waals surface area (Å²) in [7, 11) is 0. The summed E-state index contributed by atoms with van der Waals surface area (Å²) in [5.41, 5.74) is 2.78. The second-order valence-corrected chi connectivity index (χ2v) is 2.93. The zero-order valence-corrected chi connectivity index (χ0v) is 7.59. The predicted octanol–water partition coefficient (Wildman–Crippen LogP) is 1.64. The number of nitrogens with zero attached hydrogens (tertiary/aromatic N) is 2. The molecule has 0 amide bonds. The van der Waals surface area contributed by atoms with Crippen molar-refractivity contribution >= 4 is 0 Å². The average molecular weight is 186 g/mol. The number of aromatic nitrogens is 2. The molecular formula is C11H10N2O. The molecule has 0 aliphatic heterocycles. The third-order valence-electron chi connectivity index (χ3n) is 2.05. The van der Waals surface area contributed by atoms with Crippen molar-refractivity contribution in [2.75, 3.05) is 0 Å². The number of hydrogen-bond donors (Lipinski definition) is 1. The number of pyridine rings is 2. The fourth-order valence-electron chi connectivity index (χ4n) is 1.34. The molecule has 3 nitrogen and oxygen atoms in total. The Bertz CT molecular complexity index is 415. The van der Waals surface area contributed by atoms with Crippen molar-refractivity contribution in [1.29, 1.82) is 0 Å². The molecule has 0 spiro atoms. The first-order valence-corrected chi connectivity index (χ1v) is 4.36. The Morgan fingerprint density at radius 3 is 2.64 bits per heavy atom. The van der Waals surface area contributed by atoms with Crippen LogP contribution in [-0.4, -0.2) is 15.1 Å². The molecule has 2 heterocycles. The van der Waals surface area contributed by atoms with Gasteiger partial charge in [-0.1, -0.05) is 6.07 Å². The van der Waals surface area contributed by atoms with Gasteiger partial charge in [0.05, 0.1) is 6.61 Å². The van der Waals surface area contributed by atoms with Crippen molar-refractivity contribution in [3.8, 4) is 11.1 Å². The first-order valence-electron chi connectivity index (χ1n) is 4.36. The molecule has 70 valence electrons. The van der Waals surface area contributed by atoms with E-state index < -0.39 is 0 Å². The monoisotopic (exact) mass is 186 g/mol. The average Bonchev–Trinajstić information content (AvgIpc) is 2.30. The highest BCUT2D eigenvalue weighted by Crippen LogP contribution is 2.21. The van der Waals surface area contributed by atoms with E-state index in [-0.39, 0.29) is 6.61 Å². The summed E-state index contributed by atoms with van der Waals surface area (Å²) >= 11 is 0. The first-order chi connectivity index (χ1) is 6.92. The minimum absolute atomic E-state index is 0.0206. The quantitative estimate of drug-likeness (QED) is 0.775. The Kier molecular flexibility index (Phi) is 2.51. The van der Waals surface area contributed by atoms with Crippen molar-refractivity contribution in [2.24, 2.45) is 0 Å². The number of hydrogen-bond acceptors (Lipinski definition) is 3. The fraction of sp³-hybridized carbons (Fsp3) is 0.0909. The Hall–Kier alpha value is -1.74. The summed E-state index contributed by atoms with van der Waals surface area (Å²) in [6, 6.07) is 5.62. The number of aliphatic hydroxyl groups excluding tert-OH is 1. The number of rotatable bonds is 2. The molecule has 0 atom stereocenters. The summed E-state index contributed by atoms with van der Waals surface area (Å²) in [5.74, 6) is 0. The van der Waals surface area contributed by atoms with Crippen LogP contribution in [-0.2, 0) is 6.61 Å². The van der Waals surface area contributed by atoms with Gasteiger partial charge in [-0.15, -0.1) is 0 Å². The van der Waals surface area contributed by atoms with E-state index in [0.29, 0.717) is 0 Å².